The van der Waals surface area contributed by atoms with Crippen LogP contribution in [0.3, 0.4) is 0 Å². The number of aromatic nitrogens is 2. The van der Waals surface area contributed by atoms with Crippen LogP contribution in [0.5, 0.6) is 0 Å². The number of aryl methyl sites for hydroxylation is 2. The van der Waals surface area contributed by atoms with E-state index in [2.05, 4.69) is 60.6 Å². The van der Waals surface area contributed by atoms with Crippen LogP contribution >= 0.6 is 15.9 Å². The third-order valence-electron chi connectivity index (χ3n) is 10.8. The van der Waals surface area contributed by atoms with Gasteiger partial charge in [0.2, 0.25) is 18.2 Å². The van der Waals surface area contributed by atoms with Crippen molar-refractivity contribution in [2.45, 2.75) is 44.2 Å². The Morgan fingerprint density at radius 1 is 1.04 bits per heavy atom. The molecule has 3 atom stereocenters. The third-order valence-corrected chi connectivity index (χ3v) is 11.6. The monoisotopic (exact) mass is 772 g/mol. The van der Waals surface area contributed by atoms with Gasteiger partial charge in [-0.1, -0.05) is 12.1 Å². The summed E-state index contributed by atoms with van der Waals surface area (Å²) in [7, 11) is 3.71. The molecule has 2 N–H and O–H groups in total. The molecule has 5 heterocycles. The van der Waals surface area contributed by atoms with Gasteiger partial charge in [-0.15, -0.1) is 0 Å². The van der Waals surface area contributed by atoms with E-state index in [-0.39, 0.29) is 41.7 Å². The van der Waals surface area contributed by atoms with Crippen molar-refractivity contribution in [1.29, 1.82) is 0 Å². The van der Waals surface area contributed by atoms with E-state index in [0.29, 0.717) is 46.4 Å². The highest BCUT2D eigenvalue weighted by atomic mass is 79.9. The first-order chi connectivity index (χ1) is 24.8. The van der Waals surface area contributed by atoms with Gasteiger partial charge >= 0.3 is 0 Å². The molecule has 1 spiro atoms. The van der Waals surface area contributed by atoms with Crippen molar-refractivity contribution in [2.24, 2.45) is 12.5 Å². The number of carbonyl (C=O) groups is 5. The number of anilines is 2. The van der Waals surface area contributed by atoms with Gasteiger partial charge in [0.15, 0.2) is 0 Å². The van der Waals surface area contributed by atoms with E-state index in [0.717, 1.165) is 43.2 Å². The van der Waals surface area contributed by atoms with Crippen molar-refractivity contribution in [3.63, 3.8) is 0 Å². The number of halogens is 1. The molecule has 7 rings (SSSR count). The molecule has 14 nitrogen and oxygen atoms in total. The number of rotatable bonds is 8. The van der Waals surface area contributed by atoms with E-state index < -0.39 is 23.8 Å². The fourth-order valence-electron chi connectivity index (χ4n) is 8.06. The summed E-state index contributed by atoms with van der Waals surface area (Å²) < 4.78 is 1.76. The summed E-state index contributed by atoms with van der Waals surface area (Å²) in [4.78, 5) is 81.9. The maximum atomic E-state index is 13.4. The van der Waals surface area contributed by atoms with Gasteiger partial charge in [-0.3, -0.25) is 39.0 Å². The fourth-order valence-corrected chi connectivity index (χ4v) is 8.54. The van der Waals surface area contributed by atoms with E-state index in [9.17, 15) is 28.8 Å². The molecule has 0 aliphatic carbocycles. The quantitative estimate of drug-likeness (QED) is 0.257. The SMILES string of the molecule is Cc1cc(N2CC3(CN(C(=O)c4ccc(C5CC(Nc6cnn(C)c(=O)c6Br)CN(C)C5)cc4)C3)C2)ccc1C(=O)N(C=O)C1CCC(=O)NC1=O. The van der Waals surface area contributed by atoms with E-state index in [4.69, 9.17) is 0 Å². The molecule has 4 aliphatic heterocycles. The van der Waals surface area contributed by atoms with Crippen molar-refractivity contribution in [2.75, 3.05) is 56.5 Å². The average Bonchev–Trinajstić information content (AvgIpc) is 3.08. The molecule has 3 unspecified atom stereocenters. The van der Waals surface area contributed by atoms with Crippen LogP contribution < -0.4 is 21.1 Å². The average molecular weight is 774 g/mol. The van der Waals surface area contributed by atoms with Gasteiger partial charge in [-0.05, 0) is 90.1 Å². The molecule has 15 heteroatoms. The minimum atomic E-state index is -1.02. The number of nitrogens with one attached hydrogen (secondary N) is 2. The summed E-state index contributed by atoms with van der Waals surface area (Å²) in [5.41, 5.74) is 4.30. The Labute approximate surface area is 309 Å². The van der Waals surface area contributed by atoms with E-state index in [1.165, 1.54) is 10.2 Å². The highest BCUT2D eigenvalue weighted by molar-refractivity contribution is 9.10. The van der Waals surface area contributed by atoms with Crippen LogP contribution in [0.2, 0.25) is 0 Å². The number of hydrogen-bond donors (Lipinski definition) is 2. The first-order valence-corrected chi connectivity index (χ1v) is 18.2. The number of likely N-dealkylation sites (tertiary alicyclic amines) is 2. The Morgan fingerprint density at radius 2 is 1.77 bits per heavy atom. The van der Waals surface area contributed by atoms with Crippen LogP contribution in [0.1, 0.15) is 57.0 Å². The number of nitrogens with zero attached hydrogens (tertiary/aromatic N) is 6. The Kier molecular flexibility index (Phi) is 9.50. The Hall–Kier alpha value is -4.89. The number of benzene rings is 2. The first-order valence-electron chi connectivity index (χ1n) is 17.4. The maximum absolute atomic E-state index is 13.4. The minimum absolute atomic E-state index is 0.0217. The van der Waals surface area contributed by atoms with Gasteiger partial charge < -0.3 is 20.0 Å². The van der Waals surface area contributed by atoms with Gasteiger partial charge in [0.25, 0.3) is 17.4 Å². The lowest BCUT2D eigenvalue weighted by Crippen LogP contribution is -2.73. The lowest BCUT2D eigenvalue weighted by Gasteiger charge is -2.61. The minimum Gasteiger partial charge on any atom is -0.379 e. The van der Waals surface area contributed by atoms with E-state index in [1.807, 2.05) is 29.2 Å². The van der Waals surface area contributed by atoms with Gasteiger partial charge in [-0.25, -0.2) is 4.68 Å². The van der Waals surface area contributed by atoms with Crippen LogP contribution in [0, 0.1) is 12.3 Å². The molecule has 4 aliphatic rings. The summed E-state index contributed by atoms with van der Waals surface area (Å²) in [6.45, 7) is 6.44. The molecule has 4 saturated heterocycles. The number of carbonyl (C=O) groups excluding carboxylic acids is 5. The Morgan fingerprint density at radius 3 is 2.44 bits per heavy atom. The largest absolute Gasteiger partial charge is 0.379 e. The summed E-state index contributed by atoms with van der Waals surface area (Å²) >= 11 is 3.41. The van der Waals surface area contributed by atoms with Crippen molar-refractivity contribution in [3.8, 4) is 0 Å². The molecule has 4 fully saturated rings. The predicted molar refractivity (Wildman–Crippen MR) is 196 cm³/mol. The van der Waals surface area contributed by atoms with Gasteiger partial charge in [0.05, 0.1) is 11.9 Å². The van der Waals surface area contributed by atoms with Gasteiger partial charge in [0.1, 0.15) is 10.5 Å². The molecular weight excluding hydrogens is 732 g/mol. The topological polar surface area (TPSA) is 157 Å². The molecule has 0 bridgehead atoms. The zero-order valence-corrected chi connectivity index (χ0v) is 30.9. The second kappa shape index (κ2) is 13.9. The van der Waals surface area contributed by atoms with Crippen molar-refractivity contribution < 1.29 is 24.0 Å². The Bertz CT molecular complexity index is 2000. The molecular formula is C37H41BrN8O6. The number of likely N-dealkylation sites (N-methyl/N-ethyl adjacent to an activating group) is 1. The lowest BCUT2D eigenvalue weighted by atomic mass is 9.72. The summed E-state index contributed by atoms with van der Waals surface area (Å²) in [6.07, 6.45) is 3.06. The normalized spacial score (nSPS) is 22.7. The van der Waals surface area contributed by atoms with Crippen LogP contribution in [-0.4, -0.2) is 113 Å². The third kappa shape index (κ3) is 6.74. The molecule has 272 valence electrons. The first kappa shape index (κ1) is 35.5. The smallest absolute Gasteiger partial charge is 0.282 e. The number of imide groups is 2. The van der Waals surface area contributed by atoms with Gasteiger partial charge in [-0.2, -0.15) is 5.10 Å². The number of piperidine rings is 2. The molecule has 5 amide bonds. The second-order valence-corrected chi connectivity index (χ2v) is 15.5. The van der Waals surface area contributed by atoms with E-state index in [1.54, 1.807) is 26.2 Å². The van der Waals surface area contributed by atoms with Crippen LogP contribution in [0.25, 0.3) is 0 Å². The zero-order valence-electron chi connectivity index (χ0n) is 29.3. The van der Waals surface area contributed by atoms with Crippen molar-refractivity contribution in [3.05, 3.63) is 85.7 Å². The molecule has 1 aromatic heterocycles. The van der Waals surface area contributed by atoms with Crippen LogP contribution in [0.4, 0.5) is 11.4 Å². The van der Waals surface area contributed by atoms with Gasteiger partial charge in [0, 0.05) is 81.0 Å². The summed E-state index contributed by atoms with van der Waals surface area (Å²) in [5.74, 6) is -1.36. The molecule has 3 aromatic rings. The summed E-state index contributed by atoms with van der Waals surface area (Å²) in [5, 5.41) is 9.83. The number of amides is 5. The fraction of sp³-hybridized carbons (Fsp3) is 0.432. The Balaban J connectivity index is 0.918. The predicted octanol–water partition coefficient (Wildman–Crippen LogP) is 2.12. The maximum Gasteiger partial charge on any atom is 0.282 e. The lowest BCUT2D eigenvalue weighted by molar-refractivity contribution is -0.139. The second-order valence-electron chi connectivity index (χ2n) is 14.7. The highest BCUT2D eigenvalue weighted by Crippen LogP contribution is 2.43. The standard InChI is InChI=1S/C37H41BrN8O6/c1-22-12-27(8-9-28(22)35(51)46(21-47)30-10-11-31(48)41-33(30)49)44-17-37(18-44)19-45(20-37)34(50)24-6-4-23(5-7-24)25-13-26(16-42(2)15-25)40-29-14-39-43(3)36(52)32(29)38/h4-9,12,14,21,25-26,30,40H,10-11,13,15-20H2,1-3H3,(H,41,48,49). The molecule has 0 saturated carbocycles. The van der Waals surface area contributed by atoms with E-state index >= 15 is 0 Å². The van der Waals surface area contributed by atoms with Crippen molar-refractivity contribution in [1.82, 2.24) is 29.8 Å². The van der Waals surface area contributed by atoms with Crippen LogP contribution in [0.15, 0.2) is 57.9 Å². The highest BCUT2D eigenvalue weighted by Gasteiger charge is 2.53. The zero-order chi connectivity index (χ0) is 36.9. The van der Waals surface area contributed by atoms with Crippen LogP contribution in [-0.2, 0) is 21.4 Å². The molecule has 2 aromatic carbocycles. The summed E-state index contributed by atoms with van der Waals surface area (Å²) in [6, 6.07) is 12.5. The van der Waals surface area contributed by atoms with Crippen molar-refractivity contribution >= 4 is 57.3 Å². The number of hydrogen-bond acceptors (Lipinski definition) is 10. The molecule has 52 heavy (non-hydrogen) atoms. The molecule has 0 radical (unpaired) electrons.